The summed E-state index contributed by atoms with van der Waals surface area (Å²) in [5.41, 5.74) is 4.92. The summed E-state index contributed by atoms with van der Waals surface area (Å²) in [7, 11) is 2.00. The van der Waals surface area contributed by atoms with Gasteiger partial charge in [0, 0.05) is 30.2 Å². The largest absolute Gasteiger partial charge is 0.361 e. The Morgan fingerprint density at radius 3 is 2.79 bits per heavy atom. The van der Waals surface area contributed by atoms with Gasteiger partial charge in [-0.3, -0.25) is 9.69 Å². The van der Waals surface area contributed by atoms with Gasteiger partial charge in [-0.15, -0.1) is 0 Å². The van der Waals surface area contributed by atoms with E-state index < -0.39 is 0 Å². The molecule has 1 amide bonds. The first-order valence-corrected chi connectivity index (χ1v) is 10.3. The zero-order valence-corrected chi connectivity index (χ0v) is 16.4. The molecule has 0 unspecified atom stereocenters. The van der Waals surface area contributed by atoms with Gasteiger partial charge < -0.3 is 9.88 Å². The Hall–Kier alpha value is -2.59. The van der Waals surface area contributed by atoms with Crippen LogP contribution in [0.4, 0.5) is 0 Å². The molecule has 2 aromatic carbocycles. The topological polar surface area (TPSA) is 39.3 Å². The van der Waals surface area contributed by atoms with Gasteiger partial charge in [-0.2, -0.15) is 0 Å². The van der Waals surface area contributed by atoms with E-state index in [2.05, 4.69) is 52.3 Å². The number of aromatic amines is 1. The minimum Gasteiger partial charge on any atom is -0.361 e. The Balaban J connectivity index is 1.43. The molecule has 0 saturated carbocycles. The zero-order chi connectivity index (χ0) is 19.1. The van der Waals surface area contributed by atoms with Crippen molar-refractivity contribution >= 4 is 16.8 Å². The zero-order valence-electron chi connectivity index (χ0n) is 16.4. The fraction of sp³-hybridized carbons (Fsp3) is 0.375. The highest BCUT2D eigenvalue weighted by Crippen LogP contribution is 2.39. The predicted octanol–water partition coefficient (Wildman–Crippen LogP) is 3.93. The molecular weight excluding hydrogens is 346 g/mol. The summed E-state index contributed by atoms with van der Waals surface area (Å²) in [6, 6.07) is 17.4. The van der Waals surface area contributed by atoms with Gasteiger partial charge in [0.15, 0.2) is 0 Å². The molecule has 1 aromatic heterocycles. The maximum absolute atomic E-state index is 13.3. The number of nitrogens with zero attached hydrogens (tertiary/aromatic N) is 2. The molecule has 1 aliphatic carbocycles. The van der Waals surface area contributed by atoms with Crippen molar-refractivity contribution in [2.24, 2.45) is 0 Å². The number of carbonyl (C=O) groups is 1. The van der Waals surface area contributed by atoms with Crippen molar-refractivity contribution in [3.8, 4) is 0 Å². The summed E-state index contributed by atoms with van der Waals surface area (Å²) in [6.07, 6.45) is 5.97. The van der Waals surface area contributed by atoms with Crippen LogP contribution in [0.2, 0.25) is 0 Å². The van der Waals surface area contributed by atoms with E-state index in [0.717, 1.165) is 36.0 Å². The third-order valence-corrected chi connectivity index (χ3v) is 6.61. The van der Waals surface area contributed by atoms with Crippen LogP contribution >= 0.6 is 0 Å². The summed E-state index contributed by atoms with van der Waals surface area (Å²) < 4.78 is 0. The van der Waals surface area contributed by atoms with Crippen molar-refractivity contribution in [1.82, 2.24) is 14.8 Å². The van der Waals surface area contributed by atoms with E-state index in [-0.39, 0.29) is 11.9 Å². The lowest BCUT2D eigenvalue weighted by Crippen LogP contribution is -2.44. The Morgan fingerprint density at radius 1 is 1.11 bits per heavy atom. The van der Waals surface area contributed by atoms with Crippen LogP contribution in [-0.4, -0.2) is 46.9 Å². The summed E-state index contributed by atoms with van der Waals surface area (Å²) in [5, 5.41) is 1.15. The lowest BCUT2D eigenvalue weighted by atomic mass is 10.0. The molecule has 3 aromatic rings. The Kier molecular flexibility index (Phi) is 4.44. The van der Waals surface area contributed by atoms with Gasteiger partial charge in [-0.1, -0.05) is 36.4 Å². The quantitative estimate of drug-likeness (QED) is 0.753. The smallest absolute Gasteiger partial charge is 0.227 e. The molecule has 4 nitrogen and oxygen atoms in total. The normalized spacial score (nSPS) is 21.9. The molecule has 2 aliphatic rings. The van der Waals surface area contributed by atoms with Gasteiger partial charge in [0.05, 0.1) is 12.5 Å². The SMILES string of the molecule is CN(C(=O)Cc1cccc2[nH]ccc12)[C@@H]1c2ccccc2C[C@H]1N1CCCC1. The second-order valence-electron chi connectivity index (χ2n) is 8.20. The number of likely N-dealkylation sites (tertiary alicyclic amines) is 1. The molecule has 0 radical (unpaired) electrons. The molecule has 5 rings (SSSR count). The van der Waals surface area contributed by atoms with E-state index in [1.807, 2.05) is 24.2 Å². The lowest BCUT2D eigenvalue weighted by Gasteiger charge is -2.35. The molecular formula is C24H27N3O. The van der Waals surface area contributed by atoms with Crippen molar-refractivity contribution in [2.75, 3.05) is 20.1 Å². The predicted molar refractivity (Wildman–Crippen MR) is 112 cm³/mol. The molecule has 28 heavy (non-hydrogen) atoms. The van der Waals surface area contributed by atoms with Crippen molar-refractivity contribution in [2.45, 2.75) is 37.8 Å². The number of hydrogen-bond acceptors (Lipinski definition) is 2. The van der Waals surface area contributed by atoms with Crippen LogP contribution in [0.1, 0.15) is 35.6 Å². The average Bonchev–Trinajstić information content (AvgIpc) is 3.45. The first kappa shape index (κ1) is 17.5. The minimum atomic E-state index is 0.146. The Bertz CT molecular complexity index is 1000. The van der Waals surface area contributed by atoms with Crippen molar-refractivity contribution in [3.05, 3.63) is 71.4 Å². The van der Waals surface area contributed by atoms with E-state index in [0.29, 0.717) is 12.5 Å². The minimum absolute atomic E-state index is 0.146. The molecule has 1 saturated heterocycles. The third kappa shape index (κ3) is 2.92. The lowest BCUT2D eigenvalue weighted by molar-refractivity contribution is -0.132. The molecule has 1 fully saturated rings. The molecule has 144 valence electrons. The number of amides is 1. The second-order valence-corrected chi connectivity index (χ2v) is 8.20. The van der Waals surface area contributed by atoms with Gasteiger partial charge in [0.25, 0.3) is 0 Å². The number of likely N-dealkylation sites (N-methyl/N-ethyl adjacent to an activating group) is 1. The molecule has 1 aliphatic heterocycles. The highest BCUT2D eigenvalue weighted by Gasteiger charge is 2.40. The van der Waals surface area contributed by atoms with Crippen LogP contribution in [0.25, 0.3) is 10.9 Å². The highest BCUT2D eigenvalue weighted by atomic mass is 16.2. The van der Waals surface area contributed by atoms with Crippen molar-refractivity contribution in [1.29, 1.82) is 0 Å². The Labute approximate surface area is 166 Å². The van der Waals surface area contributed by atoms with Crippen LogP contribution in [0.5, 0.6) is 0 Å². The van der Waals surface area contributed by atoms with Gasteiger partial charge in [0.2, 0.25) is 5.91 Å². The number of fused-ring (bicyclic) bond motifs is 2. The average molecular weight is 374 g/mol. The van der Waals surface area contributed by atoms with Gasteiger partial charge in [-0.05, 0) is 61.2 Å². The monoisotopic (exact) mass is 373 g/mol. The maximum atomic E-state index is 13.3. The molecule has 0 bridgehead atoms. The standard InChI is InChI=1S/C24H27N3O/c1-26(23(28)16-18-8-6-10-21-19(18)11-12-25-21)24-20-9-3-2-7-17(20)15-22(24)27-13-4-5-14-27/h2-3,6-12,22,24-25H,4-5,13-16H2,1H3/t22-,24-/m1/s1. The van der Waals surface area contributed by atoms with E-state index in [1.54, 1.807) is 0 Å². The fourth-order valence-corrected chi connectivity index (χ4v) is 5.17. The maximum Gasteiger partial charge on any atom is 0.227 e. The van der Waals surface area contributed by atoms with Crippen LogP contribution in [0, 0.1) is 0 Å². The van der Waals surface area contributed by atoms with Crippen LogP contribution < -0.4 is 0 Å². The first-order chi connectivity index (χ1) is 13.7. The molecule has 1 N–H and O–H groups in total. The van der Waals surface area contributed by atoms with E-state index in [4.69, 9.17) is 0 Å². The fourth-order valence-electron chi connectivity index (χ4n) is 5.17. The number of benzene rings is 2. The van der Waals surface area contributed by atoms with Gasteiger partial charge >= 0.3 is 0 Å². The molecule has 2 atom stereocenters. The number of aromatic nitrogens is 1. The number of H-pyrrole nitrogens is 1. The molecule has 4 heteroatoms. The third-order valence-electron chi connectivity index (χ3n) is 6.61. The first-order valence-electron chi connectivity index (χ1n) is 10.3. The number of carbonyl (C=O) groups excluding carboxylic acids is 1. The number of hydrogen-bond donors (Lipinski definition) is 1. The van der Waals surface area contributed by atoms with Crippen LogP contribution in [-0.2, 0) is 17.6 Å². The Morgan fingerprint density at radius 2 is 1.93 bits per heavy atom. The van der Waals surface area contributed by atoms with Crippen molar-refractivity contribution in [3.63, 3.8) is 0 Å². The van der Waals surface area contributed by atoms with Crippen molar-refractivity contribution < 1.29 is 4.79 Å². The summed E-state index contributed by atoms with van der Waals surface area (Å²) in [4.78, 5) is 21.2. The van der Waals surface area contributed by atoms with Crippen LogP contribution in [0.3, 0.4) is 0 Å². The van der Waals surface area contributed by atoms with E-state index in [9.17, 15) is 4.79 Å². The second kappa shape index (κ2) is 7.10. The molecule has 2 heterocycles. The summed E-state index contributed by atoms with van der Waals surface area (Å²) >= 11 is 0. The summed E-state index contributed by atoms with van der Waals surface area (Å²) in [5.74, 6) is 0.194. The molecule has 0 spiro atoms. The van der Waals surface area contributed by atoms with Gasteiger partial charge in [0.1, 0.15) is 0 Å². The number of rotatable bonds is 4. The summed E-state index contributed by atoms with van der Waals surface area (Å²) in [6.45, 7) is 2.31. The van der Waals surface area contributed by atoms with E-state index >= 15 is 0 Å². The van der Waals surface area contributed by atoms with Gasteiger partial charge in [-0.25, -0.2) is 0 Å². The number of nitrogens with one attached hydrogen (secondary N) is 1. The van der Waals surface area contributed by atoms with E-state index in [1.165, 1.54) is 24.0 Å². The van der Waals surface area contributed by atoms with Crippen LogP contribution in [0.15, 0.2) is 54.7 Å². The highest BCUT2D eigenvalue weighted by molar-refractivity contribution is 5.88.